The maximum atomic E-state index is 11.0. The summed E-state index contributed by atoms with van der Waals surface area (Å²) >= 11 is 12.0. The molecule has 92 valence electrons. The number of hydrogen-bond acceptors (Lipinski definition) is 3. The summed E-state index contributed by atoms with van der Waals surface area (Å²) in [7, 11) is 0. The molecule has 2 N–H and O–H groups in total. The number of aliphatic hydroxyl groups excluding tert-OH is 1. The lowest BCUT2D eigenvalue weighted by Gasteiger charge is -2.45. The van der Waals surface area contributed by atoms with Crippen molar-refractivity contribution in [2.75, 3.05) is 6.61 Å². The summed E-state index contributed by atoms with van der Waals surface area (Å²) in [5.74, 6) is -1.15. The molecule has 1 aliphatic rings. The van der Waals surface area contributed by atoms with Gasteiger partial charge in [-0.15, -0.1) is 0 Å². The molecule has 0 bridgehead atoms. The van der Waals surface area contributed by atoms with Crippen molar-refractivity contribution in [2.24, 2.45) is 0 Å². The molecule has 2 atom stereocenters. The Labute approximate surface area is 108 Å². The van der Waals surface area contributed by atoms with Gasteiger partial charge in [0.25, 0.3) is 0 Å². The third-order valence-corrected chi connectivity index (χ3v) is 3.70. The number of carboxylic acids is 1. The number of aromatic carboxylic acids is 1. The van der Waals surface area contributed by atoms with Crippen LogP contribution in [-0.4, -0.2) is 28.9 Å². The Morgan fingerprint density at radius 2 is 2.18 bits per heavy atom. The van der Waals surface area contributed by atoms with Crippen LogP contribution in [0.15, 0.2) is 12.1 Å². The molecule has 4 nitrogen and oxygen atoms in total. The average Bonchev–Trinajstić information content (AvgIpc) is 2.26. The van der Waals surface area contributed by atoms with Crippen molar-refractivity contribution in [3.8, 4) is 0 Å². The third kappa shape index (κ3) is 1.81. The van der Waals surface area contributed by atoms with E-state index in [1.54, 1.807) is 6.92 Å². The van der Waals surface area contributed by atoms with Crippen molar-refractivity contribution in [1.82, 2.24) is 0 Å². The number of benzene rings is 1. The highest BCUT2D eigenvalue weighted by atomic mass is 35.5. The van der Waals surface area contributed by atoms with Gasteiger partial charge in [-0.3, -0.25) is 0 Å². The van der Waals surface area contributed by atoms with Crippen LogP contribution in [0.2, 0.25) is 10.0 Å². The van der Waals surface area contributed by atoms with Gasteiger partial charge in [-0.05, 0) is 19.1 Å². The van der Waals surface area contributed by atoms with Crippen LogP contribution in [0, 0.1) is 0 Å². The van der Waals surface area contributed by atoms with Gasteiger partial charge in [0, 0.05) is 10.6 Å². The van der Waals surface area contributed by atoms with E-state index in [0.717, 1.165) is 0 Å². The number of rotatable bonds is 2. The molecule has 0 saturated carbocycles. The molecule has 0 aromatic heterocycles. The van der Waals surface area contributed by atoms with Crippen LogP contribution in [0.3, 0.4) is 0 Å². The van der Waals surface area contributed by atoms with E-state index >= 15 is 0 Å². The molecule has 0 spiro atoms. The molecule has 17 heavy (non-hydrogen) atoms. The van der Waals surface area contributed by atoms with Crippen LogP contribution in [0.5, 0.6) is 0 Å². The number of hydrogen-bond donors (Lipinski definition) is 2. The van der Waals surface area contributed by atoms with Gasteiger partial charge >= 0.3 is 5.97 Å². The fourth-order valence-electron chi connectivity index (χ4n) is 1.82. The maximum Gasteiger partial charge on any atom is 0.337 e. The normalized spacial score (nSPS) is 27.6. The van der Waals surface area contributed by atoms with E-state index in [-0.39, 0.29) is 22.2 Å². The molecule has 1 fully saturated rings. The molecule has 1 heterocycles. The Morgan fingerprint density at radius 3 is 2.59 bits per heavy atom. The second kappa shape index (κ2) is 4.14. The first-order chi connectivity index (χ1) is 7.88. The zero-order valence-corrected chi connectivity index (χ0v) is 10.4. The van der Waals surface area contributed by atoms with Gasteiger partial charge in [-0.25, -0.2) is 4.79 Å². The summed E-state index contributed by atoms with van der Waals surface area (Å²) in [6.45, 7) is 1.81. The molecule has 2 unspecified atom stereocenters. The molecular formula is C11H10Cl2O4. The zero-order chi connectivity index (χ0) is 12.8. The highest BCUT2D eigenvalue weighted by Gasteiger charge is 2.47. The predicted molar refractivity (Wildman–Crippen MR) is 62.7 cm³/mol. The quantitative estimate of drug-likeness (QED) is 0.870. The lowest BCUT2D eigenvalue weighted by molar-refractivity contribution is -0.236. The van der Waals surface area contributed by atoms with Crippen molar-refractivity contribution >= 4 is 29.2 Å². The summed E-state index contributed by atoms with van der Waals surface area (Å²) in [6.07, 6.45) is -0.749. The molecule has 0 amide bonds. The van der Waals surface area contributed by atoms with E-state index in [2.05, 4.69) is 0 Å². The first kappa shape index (κ1) is 12.6. The molecule has 1 aromatic rings. The van der Waals surface area contributed by atoms with Gasteiger partial charge in [-0.1, -0.05) is 23.2 Å². The van der Waals surface area contributed by atoms with Gasteiger partial charge in [0.2, 0.25) is 0 Å². The molecule has 6 heteroatoms. The van der Waals surface area contributed by atoms with E-state index in [1.165, 1.54) is 12.1 Å². The first-order valence-corrected chi connectivity index (χ1v) is 5.67. The van der Waals surface area contributed by atoms with E-state index in [9.17, 15) is 9.90 Å². The molecule has 1 aliphatic heterocycles. The highest BCUT2D eigenvalue weighted by molar-refractivity contribution is 6.38. The van der Waals surface area contributed by atoms with Crippen LogP contribution in [0.4, 0.5) is 0 Å². The van der Waals surface area contributed by atoms with Crippen LogP contribution < -0.4 is 0 Å². The lowest BCUT2D eigenvalue weighted by Crippen LogP contribution is -2.53. The summed E-state index contributed by atoms with van der Waals surface area (Å²) in [6, 6.07) is 2.76. The fourth-order valence-corrected chi connectivity index (χ4v) is 2.65. The predicted octanol–water partition coefficient (Wildman–Crippen LogP) is 2.30. The summed E-state index contributed by atoms with van der Waals surface area (Å²) in [4.78, 5) is 11.0. The van der Waals surface area contributed by atoms with Crippen molar-refractivity contribution < 1.29 is 19.7 Å². The fraction of sp³-hybridized carbons (Fsp3) is 0.364. The number of halogens is 2. The van der Waals surface area contributed by atoms with E-state index in [1.807, 2.05) is 0 Å². The summed E-state index contributed by atoms with van der Waals surface area (Å²) < 4.78 is 5.30. The average molecular weight is 277 g/mol. The molecule has 0 radical (unpaired) electrons. The first-order valence-electron chi connectivity index (χ1n) is 4.91. The maximum absolute atomic E-state index is 11.0. The minimum atomic E-state index is -1.15. The Morgan fingerprint density at radius 1 is 1.53 bits per heavy atom. The molecular weight excluding hydrogens is 267 g/mol. The van der Waals surface area contributed by atoms with Gasteiger partial charge in [0.05, 0.1) is 17.2 Å². The second-order valence-corrected chi connectivity index (χ2v) is 4.81. The van der Waals surface area contributed by atoms with Crippen LogP contribution in [-0.2, 0) is 10.3 Å². The van der Waals surface area contributed by atoms with Gasteiger partial charge in [0.1, 0.15) is 11.7 Å². The van der Waals surface area contributed by atoms with Crippen molar-refractivity contribution in [2.45, 2.75) is 18.6 Å². The molecule has 1 saturated heterocycles. The van der Waals surface area contributed by atoms with Crippen molar-refractivity contribution in [3.63, 3.8) is 0 Å². The van der Waals surface area contributed by atoms with Crippen LogP contribution in [0.1, 0.15) is 22.8 Å². The Balaban J connectivity index is 2.61. The van der Waals surface area contributed by atoms with E-state index in [0.29, 0.717) is 5.56 Å². The van der Waals surface area contributed by atoms with Crippen LogP contribution >= 0.6 is 23.2 Å². The minimum absolute atomic E-state index is 0.00579. The van der Waals surface area contributed by atoms with E-state index in [4.69, 9.17) is 33.0 Å². The standard InChI is InChI=1S/C11H10Cl2O4/c1-11(7(14)4-17-11)8-6(12)3-2-5(9(8)13)10(15)16/h2-3,7,14H,4H2,1H3,(H,15,16). The Hall–Kier alpha value is -0.810. The highest BCUT2D eigenvalue weighted by Crippen LogP contribution is 2.45. The monoisotopic (exact) mass is 276 g/mol. The summed E-state index contributed by atoms with van der Waals surface area (Å²) in [5, 5.41) is 19.0. The minimum Gasteiger partial charge on any atom is -0.478 e. The summed E-state index contributed by atoms with van der Waals surface area (Å²) in [5.41, 5.74) is -0.783. The second-order valence-electron chi connectivity index (χ2n) is 4.02. The van der Waals surface area contributed by atoms with Gasteiger partial charge in [0.15, 0.2) is 0 Å². The number of ether oxygens (including phenoxy) is 1. The van der Waals surface area contributed by atoms with Crippen LogP contribution in [0.25, 0.3) is 0 Å². The molecule has 0 aliphatic carbocycles. The third-order valence-electron chi connectivity index (χ3n) is 2.99. The Kier molecular flexibility index (Phi) is 3.08. The number of aliphatic hydroxyl groups is 1. The van der Waals surface area contributed by atoms with E-state index < -0.39 is 17.7 Å². The number of carbonyl (C=O) groups is 1. The van der Waals surface area contributed by atoms with Gasteiger partial charge in [-0.2, -0.15) is 0 Å². The molecule has 1 aromatic carbocycles. The largest absolute Gasteiger partial charge is 0.478 e. The smallest absolute Gasteiger partial charge is 0.337 e. The number of carboxylic acid groups (broad SMARTS) is 1. The van der Waals surface area contributed by atoms with Crippen molar-refractivity contribution in [3.05, 3.63) is 33.3 Å². The zero-order valence-electron chi connectivity index (χ0n) is 8.91. The van der Waals surface area contributed by atoms with Crippen molar-refractivity contribution in [1.29, 1.82) is 0 Å². The Bertz CT molecular complexity index is 489. The van der Waals surface area contributed by atoms with Gasteiger partial charge < -0.3 is 14.9 Å². The SMILES string of the molecule is CC1(c2c(Cl)ccc(C(=O)O)c2Cl)OCC1O. The topological polar surface area (TPSA) is 66.8 Å². The molecule has 2 rings (SSSR count). The lowest BCUT2D eigenvalue weighted by atomic mass is 9.85.